The molecule has 1 aliphatic heterocycles. The first-order chi connectivity index (χ1) is 14.6. The van der Waals surface area contributed by atoms with Crippen molar-refractivity contribution in [1.29, 1.82) is 0 Å². The summed E-state index contributed by atoms with van der Waals surface area (Å²) in [4.78, 5) is 30.0. The molecule has 1 fully saturated rings. The summed E-state index contributed by atoms with van der Waals surface area (Å²) in [6.07, 6.45) is 1.98. The quantitative estimate of drug-likeness (QED) is 0.627. The number of ether oxygens (including phenoxy) is 2. The van der Waals surface area contributed by atoms with Crippen molar-refractivity contribution >= 4 is 17.6 Å². The molecule has 0 unspecified atom stereocenters. The number of rotatable bonds is 8. The third-order valence-corrected chi connectivity index (χ3v) is 5.77. The molecule has 2 aromatic carbocycles. The maximum absolute atomic E-state index is 13.0. The molecule has 0 atom stereocenters. The molecule has 0 saturated carbocycles. The van der Waals surface area contributed by atoms with E-state index < -0.39 is 5.54 Å². The predicted molar refractivity (Wildman–Crippen MR) is 116 cm³/mol. The molecular weight excluding hydrogens is 380 g/mol. The number of para-hydroxylation sites is 1. The van der Waals surface area contributed by atoms with Gasteiger partial charge >= 0.3 is 5.97 Å². The number of anilines is 1. The molecule has 0 aliphatic carbocycles. The van der Waals surface area contributed by atoms with Crippen LogP contribution in [0.15, 0.2) is 60.7 Å². The van der Waals surface area contributed by atoms with Crippen LogP contribution in [0.1, 0.15) is 18.4 Å². The second-order valence-corrected chi connectivity index (χ2v) is 7.60. The molecule has 0 bridgehead atoms. The SMILES string of the molecule is COCC(=O)N(c1ccccc1)C1(C(=O)OC)CCN(CCc2ccccc2)CC1. The van der Waals surface area contributed by atoms with E-state index in [1.165, 1.54) is 19.8 Å². The highest BCUT2D eigenvalue weighted by Gasteiger charge is 2.50. The molecule has 6 nitrogen and oxygen atoms in total. The van der Waals surface area contributed by atoms with E-state index in [0.717, 1.165) is 13.0 Å². The lowest BCUT2D eigenvalue weighted by molar-refractivity contribution is -0.151. The van der Waals surface area contributed by atoms with Crippen LogP contribution in [0.5, 0.6) is 0 Å². The molecular formula is C24H30N2O4. The van der Waals surface area contributed by atoms with Crippen molar-refractivity contribution in [1.82, 2.24) is 4.90 Å². The van der Waals surface area contributed by atoms with Gasteiger partial charge in [0, 0.05) is 32.4 Å². The van der Waals surface area contributed by atoms with Crippen LogP contribution < -0.4 is 4.90 Å². The Balaban J connectivity index is 1.80. The molecule has 1 saturated heterocycles. The topological polar surface area (TPSA) is 59.1 Å². The monoisotopic (exact) mass is 410 g/mol. The molecule has 0 radical (unpaired) electrons. The lowest BCUT2D eigenvalue weighted by Crippen LogP contribution is -2.63. The van der Waals surface area contributed by atoms with Crippen molar-refractivity contribution in [3.8, 4) is 0 Å². The maximum atomic E-state index is 13.0. The highest BCUT2D eigenvalue weighted by atomic mass is 16.5. The molecule has 1 heterocycles. The largest absolute Gasteiger partial charge is 0.467 e. The number of carbonyl (C=O) groups excluding carboxylic acids is 2. The number of esters is 1. The summed E-state index contributed by atoms with van der Waals surface area (Å²) < 4.78 is 10.3. The first-order valence-corrected chi connectivity index (χ1v) is 10.3. The lowest BCUT2D eigenvalue weighted by atomic mass is 9.84. The Hall–Kier alpha value is -2.70. The maximum Gasteiger partial charge on any atom is 0.332 e. The Labute approximate surface area is 178 Å². The van der Waals surface area contributed by atoms with Crippen LogP contribution in [0, 0.1) is 0 Å². The Morgan fingerprint density at radius 3 is 2.13 bits per heavy atom. The van der Waals surface area contributed by atoms with Crippen molar-refractivity contribution in [2.45, 2.75) is 24.8 Å². The molecule has 3 rings (SSSR count). The van der Waals surface area contributed by atoms with Gasteiger partial charge in [0.15, 0.2) is 0 Å². The van der Waals surface area contributed by atoms with E-state index in [4.69, 9.17) is 9.47 Å². The van der Waals surface area contributed by atoms with Crippen molar-refractivity contribution in [3.05, 3.63) is 66.2 Å². The fourth-order valence-corrected chi connectivity index (χ4v) is 4.18. The number of benzene rings is 2. The zero-order valence-electron chi connectivity index (χ0n) is 17.8. The van der Waals surface area contributed by atoms with E-state index in [-0.39, 0.29) is 18.5 Å². The van der Waals surface area contributed by atoms with Gasteiger partial charge in [0.25, 0.3) is 5.91 Å². The molecule has 2 aromatic rings. The van der Waals surface area contributed by atoms with Gasteiger partial charge < -0.3 is 14.4 Å². The number of methoxy groups -OCH3 is 2. The van der Waals surface area contributed by atoms with Crippen LogP contribution in [0.2, 0.25) is 0 Å². The van der Waals surface area contributed by atoms with Crippen LogP contribution in [0.3, 0.4) is 0 Å². The van der Waals surface area contributed by atoms with Gasteiger partial charge in [-0.05, 0) is 37.0 Å². The number of hydrogen-bond acceptors (Lipinski definition) is 5. The fraction of sp³-hybridized carbons (Fsp3) is 0.417. The van der Waals surface area contributed by atoms with Crippen LogP contribution in [0.25, 0.3) is 0 Å². The van der Waals surface area contributed by atoms with Crippen LogP contribution in [-0.4, -0.2) is 62.8 Å². The lowest BCUT2D eigenvalue weighted by Gasteiger charge is -2.46. The van der Waals surface area contributed by atoms with Crippen molar-refractivity contribution in [3.63, 3.8) is 0 Å². The summed E-state index contributed by atoms with van der Waals surface area (Å²) >= 11 is 0. The van der Waals surface area contributed by atoms with Gasteiger partial charge in [-0.1, -0.05) is 48.5 Å². The summed E-state index contributed by atoms with van der Waals surface area (Å²) in [5.41, 5.74) is 0.945. The zero-order chi connectivity index (χ0) is 21.4. The van der Waals surface area contributed by atoms with Crippen molar-refractivity contribution in [2.75, 3.05) is 45.4 Å². The minimum atomic E-state index is -1.03. The summed E-state index contributed by atoms with van der Waals surface area (Å²) in [6, 6.07) is 19.7. The first-order valence-electron chi connectivity index (χ1n) is 10.3. The molecule has 30 heavy (non-hydrogen) atoms. The molecule has 1 amide bonds. The number of likely N-dealkylation sites (tertiary alicyclic amines) is 1. The van der Waals surface area contributed by atoms with Gasteiger partial charge in [0.2, 0.25) is 0 Å². The van der Waals surface area contributed by atoms with Gasteiger partial charge in [0.05, 0.1) is 7.11 Å². The Bertz CT molecular complexity index is 818. The van der Waals surface area contributed by atoms with Gasteiger partial charge in [-0.25, -0.2) is 4.79 Å². The summed E-state index contributed by atoms with van der Waals surface area (Å²) in [6.45, 7) is 2.25. The highest BCUT2D eigenvalue weighted by molar-refractivity contribution is 6.02. The van der Waals surface area contributed by atoms with E-state index in [0.29, 0.717) is 31.6 Å². The summed E-state index contributed by atoms with van der Waals surface area (Å²) in [5.74, 6) is -0.620. The van der Waals surface area contributed by atoms with E-state index in [1.807, 2.05) is 48.5 Å². The van der Waals surface area contributed by atoms with Crippen molar-refractivity contribution in [2.24, 2.45) is 0 Å². The molecule has 1 aliphatic rings. The minimum absolute atomic E-state index is 0.0919. The minimum Gasteiger partial charge on any atom is -0.467 e. The second-order valence-electron chi connectivity index (χ2n) is 7.60. The van der Waals surface area contributed by atoms with Gasteiger partial charge in [0.1, 0.15) is 12.1 Å². The number of carbonyl (C=O) groups is 2. The number of piperidine rings is 1. The number of nitrogens with zero attached hydrogens (tertiary/aromatic N) is 2. The smallest absolute Gasteiger partial charge is 0.332 e. The second kappa shape index (κ2) is 10.4. The Morgan fingerprint density at radius 1 is 0.967 bits per heavy atom. The standard InChI is InChI=1S/C24H30N2O4/c1-29-19-22(27)26(21-11-7-4-8-12-21)24(23(28)30-2)14-17-25(18-15-24)16-13-20-9-5-3-6-10-20/h3-12H,13-19H2,1-2H3. The van der Waals surface area contributed by atoms with Crippen molar-refractivity contribution < 1.29 is 19.1 Å². The molecule has 160 valence electrons. The van der Waals surface area contributed by atoms with E-state index in [1.54, 1.807) is 4.90 Å². The van der Waals surface area contributed by atoms with Gasteiger partial charge in [-0.15, -0.1) is 0 Å². The third-order valence-electron chi connectivity index (χ3n) is 5.77. The van der Waals surface area contributed by atoms with Crippen LogP contribution in [-0.2, 0) is 25.5 Å². The van der Waals surface area contributed by atoms with Crippen LogP contribution in [0.4, 0.5) is 5.69 Å². The third kappa shape index (κ3) is 4.89. The zero-order valence-corrected chi connectivity index (χ0v) is 17.8. The van der Waals surface area contributed by atoms with Gasteiger partial charge in [-0.3, -0.25) is 9.69 Å². The van der Waals surface area contributed by atoms with E-state index in [2.05, 4.69) is 17.0 Å². The molecule has 0 N–H and O–H groups in total. The molecule has 6 heteroatoms. The van der Waals surface area contributed by atoms with E-state index in [9.17, 15) is 9.59 Å². The molecule has 0 spiro atoms. The Kier molecular flexibility index (Phi) is 7.60. The Morgan fingerprint density at radius 2 is 1.57 bits per heavy atom. The first kappa shape index (κ1) is 22.0. The average molecular weight is 411 g/mol. The fourth-order valence-electron chi connectivity index (χ4n) is 4.18. The number of hydrogen-bond donors (Lipinski definition) is 0. The summed E-state index contributed by atoms with van der Waals surface area (Å²) in [7, 11) is 2.87. The normalized spacial score (nSPS) is 16.1. The number of amides is 1. The predicted octanol–water partition coefficient (Wildman–Crippen LogP) is 2.92. The van der Waals surface area contributed by atoms with Crippen LogP contribution >= 0.6 is 0 Å². The summed E-state index contributed by atoms with van der Waals surface area (Å²) in [5, 5.41) is 0. The highest BCUT2D eigenvalue weighted by Crippen LogP contribution is 2.35. The molecule has 0 aromatic heterocycles. The average Bonchev–Trinajstić information content (AvgIpc) is 2.79. The van der Waals surface area contributed by atoms with E-state index >= 15 is 0 Å². The van der Waals surface area contributed by atoms with Gasteiger partial charge in [-0.2, -0.15) is 0 Å².